The summed E-state index contributed by atoms with van der Waals surface area (Å²) in [5, 5.41) is 10.9. The Kier molecular flexibility index (Phi) is 4.85. The number of benzene rings is 1. The predicted octanol–water partition coefficient (Wildman–Crippen LogP) is 1.02. The van der Waals surface area contributed by atoms with Gasteiger partial charge in [0.15, 0.2) is 5.16 Å². The van der Waals surface area contributed by atoms with Gasteiger partial charge in [-0.25, -0.2) is 4.68 Å². The van der Waals surface area contributed by atoms with E-state index < -0.39 is 0 Å². The third-order valence-corrected chi connectivity index (χ3v) is 4.72. The number of hydrogen-bond acceptors (Lipinski definition) is 6. The maximum Gasteiger partial charge on any atom is 0.295 e. The van der Waals surface area contributed by atoms with Crippen molar-refractivity contribution in [1.82, 2.24) is 24.1 Å². The lowest BCUT2D eigenvalue weighted by Crippen LogP contribution is -2.25. The second kappa shape index (κ2) is 7.08. The Balaban J connectivity index is 1.90. The van der Waals surface area contributed by atoms with Crippen molar-refractivity contribution in [3.8, 4) is 5.69 Å². The molecule has 0 spiro atoms. The molecule has 26 heavy (non-hydrogen) atoms. The highest BCUT2D eigenvalue weighted by atomic mass is 32.2. The summed E-state index contributed by atoms with van der Waals surface area (Å²) < 4.78 is 4.70. The maximum atomic E-state index is 12.8. The molecule has 136 valence electrons. The molecule has 3 aromatic rings. The Morgan fingerprint density at radius 3 is 2.62 bits per heavy atom. The number of anilines is 2. The standard InChI is InChI=1S/C16H19N7O2S/c1-10-13(14(25)23(21(10)2)11-7-5-4-6-8-11)18-12(24)9-22-15(17)19-20-16(22)26-3/h4-8H,9H2,1-3H3,(H2,17,19)(H,18,24). The highest BCUT2D eigenvalue weighted by molar-refractivity contribution is 7.98. The van der Waals surface area contributed by atoms with E-state index in [0.717, 1.165) is 5.69 Å². The van der Waals surface area contributed by atoms with E-state index in [2.05, 4.69) is 15.5 Å². The summed E-state index contributed by atoms with van der Waals surface area (Å²) in [5.41, 5.74) is 7.05. The summed E-state index contributed by atoms with van der Waals surface area (Å²) in [7, 11) is 1.77. The number of para-hydroxylation sites is 1. The molecule has 0 bridgehead atoms. The molecule has 1 amide bonds. The number of carbonyl (C=O) groups is 1. The molecule has 0 fully saturated rings. The van der Waals surface area contributed by atoms with Gasteiger partial charge in [0.1, 0.15) is 12.2 Å². The van der Waals surface area contributed by atoms with Crippen LogP contribution >= 0.6 is 11.8 Å². The van der Waals surface area contributed by atoms with E-state index in [1.54, 1.807) is 18.7 Å². The van der Waals surface area contributed by atoms with E-state index in [1.165, 1.54) is 21.0 Å². The fourth-order valence-electron chi connectivity index (χ4n) is 2.63. The number of amides is 1. The third kappa shape index (κ3) is 3.10. The summed E-state index contributed by atoms with van der Waals surface area (Å²) in [6, 6.07) is 9.23. The van der Waals surface area contributed by atoms with Crippen LogP contribution in [0.15, 0.2) is 40.3 Å². The first-order valence-corrected chi connectivity index (χ1v) is 9.03. The van der Waals surface area contributed by atoms with E-state index in [1.807, 2.05) is 36.6 Å². The van der Waals surface area contributed by atoms with Crippen molar-refractivity contribution in [2.45, 2.75) is 18.6 Å². The lowest BCUT2D eigenvalue weighted by Gasteiger charge is -2.07. The molecular weight excluding hydrogens is 354 g/mol. The van der Waals surface area contributed by atoms with E-state index in [9.17, 15) is 9.59 Å². The molecule has 0 saturated heterocycles. The summed E-state index contributed by atoms with van der Waals surface area (Å²) in [5.74, 6) is -0.228. The van der Waals surface area contributed by atoms with Gasteiger partial charge in [0.05, 0.1) is 11.4 Å². The monoisotopic (exact) mass is 373 g/mol. The van der Waals surface area contributed by atoms with Crippen molar-refractivity contribution in [3.63, 3.8) is 0 Å². The summed E-state index contributed by atoms with van der Waals surface area (Å²) in [4.78, 5) is 25.3. The summed E-state index contributed by atoms with van der Waals surface area (Å²) in [6.45, 7) is 1.70. The van der Waals surface area contributed by atoms with E-state index in [-0.39, 0.29) is 29.6 Å². The predicted molar refractivity (Wildman–Crippen MR) is 101 cm³/mol. The number of hydrogen-bond donors (Lipinski definition) is 2. The molecule has 3 N–H and O–H groups in total. The minimum Gasteiger partial charge on any atom is -0.368 e. The van der Waals surface area contributed by atoms with Gasteiger partial charge in [0.2, 0.25) is 11.9 Å². The van der Waals surface area contributed by atoms with Gasteiger partial charge in [-0.3, -0.25) is 18.8 Å². The van der Waals surface area contributed by atoms with Crippen molar-refractivity contribution in [3.05, 3.63) is 46.4 Å². The topological polar surface area (TPSA) is 113 Å². The number of nitrogen functional groups attached to an aromatic ring is 1. The second-order valence-corrected chi connectivity index (χ2v) is 6.39. The van der Waals surface area contributed by atoms with Crippen molar-refractivity contribution >= 4 is 29.3 Å². The van der Waals surface area contributed by atoms with Crippen LogP contribution < -0.4 is 16.6 Å². The molecule has 0 aliphatic rings. The van der Waals surface area contributed by atoms with Crippen LogP contribution in [-0.2, 0) is 18.4 Å². The molecular formula is C16H19N7O2S. The van der Waals surface area contributed by atoms with Gasteiger partial charge >= 0.3 is 0 Å². The molecule has 3 rings (SSSR count). The van der Waals surface area contributed by atoms with E-state index in [4.69, 9.17) is 5.73 Å². The SMILES string of the molecule is CSc1nnc(N)n1CC(=O)Nc1c(C)n(C)n(-c2ccccc2)c1=O. The average Bonchev–Trinajstić information content (AvgIpc) is 3.08. The van der Waals surface area contributed by atoms with Gasteiger partial charge < -0.3 is 11.1 Å². The van der Waals surface area contributed by atoms with Gasteiger partial charge in [0, 0.05) is 7.05 Å². The van der Waals surface area contributed by atoms with E-state index in [0.29, 0.717) is 10.9 Å². The fraction of sp³-hybridized carbons (Fsp3) is 0.250. The molecule has 10 heteroatoms. The Hall–Kier alpha value is -3.01. The highest BCUT2D eigenvalue weighted by Crippen LogP contribution is 2.16. The molecule has 9 nitrogen and oxygen atoms in total. The lowest BCUT2D eigenvalue weighted by atomic mass is 10.3. The van der Waals surface area contributed by atoms with Crippen molar-refractivity contribution in [2.24, 2.45) is 7.05 Å². The van der Waals surface area contributed by atoms with Crippen LogP contribution in [0, 0.1) is 6.92 Å². The van der Waals surface area contributed by atoms with Crippen LogP contribution in [0.5, 0.6) is 0 Å². The molecule has 0 saturated carbocycles. The number of nitrogens with zero attached hydrogens (tertiary/aromatic N) is 5. The smallest absolute Gasteiger partial charge is 0.295 e. The van der Waals surface area contributed by atoms with E-state index >= 15 is 0 Å². The molecule has 0 atom stereocenters. The van der Waals surface area contributed by atoms with Crippen LogP contribution in [0.1, 0.15) is 5.69 Å². The molecule has 0 aliphatic heterocycles. The minimum absolute atomic E-state index is 0.0753. The van der Waals surface area contributed by atoms with Crippen molar-refractivity contribution < 1.29 is 4.79 Å². The molecule has 1 aromatic carbocycles. The second-order valence-electron chi connectivity index (χ2n) is 5.62. The number of thioether (sulfide) groups is 1. The largest absolute Gasteiger partial charge is 0.368 e. The van der Waals surface area contributed by atoms with Crippen LogP contribution in [0.2, 0.25) is 0 Å². The van der Waals surface area contributed by atoms with Crippen molar-refractivity contribution in [2.75, 3.05) is 17.3 Å². The first-order valence-electron chi connectivity index (χ1n) is 7.80. The van der Waals surface area contributed by atoms with Gasteiger partial charge in [-0.15, -0.1) is 10.2 Å². The van der Waals surface area contributed by atoms with Crippen LogP contribution in [0.3, 0.4) is 0 Å². The summed E-state index contributed by atoms with van der Waals surface area (Å²) in [6.07, 6.45) is 1.82. The minimum atomic E-state index is -0.377. The third-order valence-electron chi connectivity index (χ3n) is 4.05. The van der Waals surface area contributed by atoms with Gasteiger partial charge in [-0.05, 0) is 25.3 Å². The Labute approximate surface area is 153 Å². The number of rotatable bonds is 5. The first-order chi connectivity index (χ1) is 12.4. The summed E-state index contributed by atoms with van der Waals surface area (Å²) >= 11 is 1.33. The molecule has 2 heterocycles. The van der Waals surface area contributed by atoms with Crippen LogP contribution in [0.4, 0.5) is 11.6 Å². The van der Waals surface area contributed by atoms with Crippen LogP contribution in [0.25, 0.3) is 5.69 Å². The number of carbonyl (C=O) groups excluding carboxylic acids is 1. The zero-order valence-corrected chi connectivity index (χ0v) is 15.4. The molecule has 2 aromatic heterocycles. The number of nitrogens with two attached hydrogens (primary N) is 1. The Morgan fingerprint density at radius 1 is 1.27 bits per heavy atom. The quantitative estimate of drug-likeness (QED) is 0.646. The normalized spacial score (nSPS) is 10.9. The fourth-order valence-corrected chi connectivity index (χ4v) is 3.14. The average molecular weight is 373 g/mol. The Morgan fingerprint density at radius 2 is 1.96 bits per heavy atom. The number of nitrogens with one attached hydrogen (secondary N) is 1. The lowest BCUT2D eigenvalue weighted by molar-refractivity contribution is -0.116. The number of aromatic nitrogens is 5. The molecule has 0 unspecified atom stereocenters. The van der Waals surface area contributed by atoms with Crippen molar-refractivity contribution in [1.29, 1.82) is 0 Å². The van der Waals surface area contributed by atoms with Gasteiger partial charge in [-0.1, -0.05) is 30.0 Å². The van der Waals surface area contributed by atoms with Gasteiger partial charge in [-0.2, -0.15) is 0 Å². The maximum absolute atomic E-state index is 12.8. The zero-order chi connectivity index (χ0) is 18.8. The van der Waals surface area contributed by atoms with Gasteiger partial charge in [0.25, 0.3) is 5.56 Å². The highest BCUT2D eigenvalue weighted by Gasteiger charge is 2.19. The van der Waals surface area contributed by atoms with Crippen LogP contribution in [-0.4, -0.2) is 36.3 Å². The molecule has 0 aliphatic carbocycles. The first kappa shape index (κ1) is 17.8. The zero-order valence-electron chi connectivity index (χ0n) is 14.6. The Bertz CT molecular complexity index is 1000. The molecule has 0 radical (unpaired) electrons.